The second-order valence-electron chi connectivity index (χ2n) is 6.99. The lowest BCUT2D eigenvalue weighted by molar-refractivity contribution is -0.123. The quantitative estimate of drug-likeness (QED) is 0.740. The number of hydrogen-bond acceptors (Lipinski definition) is 5. The number of piperazine rings is 1. The van der Waals surface area contributed by atoms with E-state index in [-0.39, 0.29) is 18.2 Å². The molecule has 2 aromatic rings. The molecular weight excluding hydrogens is 378 g/mol. The van der Waals surface area contributed by atoms with E-state index in [2.05, 4.69) is 15.9 Å². The second-order valence-corrected chi connectivity index (χ2v) is 7.42. The van der Waals surface area contributed by atoms with Crippen molar-refractivity contribution in [1.82, 2.24) is 4.90 Å². The van der Waals surface area contributed by atoms with Gasteiger partial charge >= 0.3 is 0 Å². The first-order chi connectivity index (χ1) is 13.6. The van der Waals surface area contributed by atoms with E-state index in [0.717, 1.165) is 37.6 Å². The summed E-state index contributed by atoms with van der Waals surface area (Å²) in [7, 11) is 1.66. The molecule has 2 aliphatic heterocycles. The second kappa shape index (κ2) is 7.81. The molecule has 2 aromatic carbocycles. The third-order valence-corrected chi connectivity index (χ3v) is 5.63. The summed E-state index contributed by atoms with van der Waals surface area (Å²) in [5.74, 6) is 0.518. The Bertz CT molecular complexity index is 879. The average Bonchev–Trinajstić information content (AvgIpc) is 3.03. The van der Waals surface area contributed by atoms with Crippen LogP contribution in [-0.2, 0) is 9.59 Å². The molecule has 146 valence electrons. The van der Waals surface area contributed by atoms with Gasteiger partial charge in [0.25, 0.3) is 5.91 Å². The van der Waals surface area contributed by atoms with Gasteiger partial charge in [0.2, 0.25) is 5.91 Å². The molecule has 2 amide bonds. The zero-order valence-corrected chi connectivity index (χ0v) is 16.4. The molecule has 0 bridgehead atoms. The lowest BCUT2D eigenvalue weighted by Gasteiger charge is -2.38. The van der Waals surface area contributed by atoms with Crippen LogP contribution in [-0.4, -0.2) is 56.0 Å². The van der Waals surface area contributed by atoms with Crippen molar-refractivity contribution < 1.29 is 14.3 Å². The Morgan fingerprint density at radius 2 is 1.68 bits per heavy atom. The fourth-order valence-electron chi connectivity index (χ4n) is 3.86. The third-order valence-electron chi connectivity index (χ3n) is 5.38. The van der Waals surface area contributed by atoms with E-state index in [0.29, 0.717) is 10.7 Å². The first-order valence-corrected chi connectivity index (χ1v) is 9.70. The molecule has 0 spiro atoms. The van der Waals surface area contributed by atoms with Crippen molar-refractivity contribution in [2.75, 3.05) is 43.1 Å². The van der Waals surface area contributed by atoms with Crippen LogP contribution in [0, 0.1) is 0 Å². The van der Waals surface area contributed by atoms with Crippen molar-refractivity contribution in [1.29, 1.82) is 0 Å². The van der Waals surface area contributed by atoms with Gasteiger partial charge < -0.3 is 9.64 Å². The molecule has 0 N–H and O–H groups in total. The standard InChI is InChI=1S/C21H22ClN3O3/c1-28-18-4-2-3-17(13-18)23-9-11-24(12-10-23)19-14-20(26)25(21(19)27)16-7-5-15(22)6-8-16/h2-8,13,19H,9-12,14H2,1H3/t19-/m0/s1. The van der Waals surface area contributed by atoms with E-state index >= 15 is 0 Å². The minimum atomic E-state index is -0.393. The molecule has 0 unspecified atom stereocenters. The third kappa shape index (κ3) is 3.57. The van der Waals surface area contributed by atoms with Crippen molar-refractivity contribution in [2.45, 2.75) is 12.5 Å². The molecule has 0 aromatic heterocycles. The predicted octanol–water partition coefficient (Wildman–Crippen LogP) is 2.80. The predicted molar refractivity (Wildman–Crippen MR) is 109 cm³/mol. The van der Waals surface area contributed by atoms with Gasteiger partial charge in [0.05, 0.1) is 25.3 Å². The molecule has 28 heavy (non-hydrogen) atoms. The van der Waals surface area contributed by atoms with E-state index in [9.17, 15) is 9.59 Å². The van der Waals surface area contributed by atoms with Crippen LogP contribution < -0.4 is 14.5 Å². The molecule has 4 rings (SSSR count). The number of rotatable bonds is 4. The lowest BCUT2D eigenvalue weighted by Crippen LogP contribution is -2.52. The number of amides is 2. The Kier molecular flexibility index (Phi) is 5.24. The Morgan fingerprint density at radius 3 is 2.36 bits per heavy atom. The molecule has 2 heterocycles. The van der Waals surface area contributed by atoms with Crippen LogP contribution in [0.4, 0.5) is 11.4 Å². The number of methoxy groups -OCH3 is 1. The van der Waals surface area contributed by atoms with Crippen molar-refractivity contribution in [2.24, 2.45) is 0 Å². The van der Waals surface area contributed by atoms with Crippen molar-refractivity contribution in [3.8, 4) is 5.75 Å². The number of halogens is 1. The van der Waals surface area contributed by atoms with Gasteiger partial charge in [-0.15, -0.1) is 0 Å². The van der Waals surface area contributed by atoms with Crippen LogP contribution in [0.25, 0.3) is 0 Å². The highest BCUT2D eigenvalue weighted by Crippen LogP contribution is 2.28. The summed E-state index contributed by atoms with van der Waals surface area (Å²) in [4.78, 5) is 31.1. The Morgan fingerprint density at radius 1 is 0.964 bits per heavy atom. The SMILES string of the molecule is COc1cccc(N2CCN([C@H]3CC(=O)N(c4ccc(Cl)cc4)C3=O)CC2)c1. The summed E-state index contributed by atoms with van der Waals surface area (Å²) in [5, 5.41) is 0.577. The van der Waals surface area contributed by atoms with Crippen LogP contribution in [0.15, 0.2) is 48.5 Å². The first kappa shape index (κ1) is 18.8. The summed E-state index contributed by atoms with van der Waals surface area (Å²) < 4.78 is 5.30. The monoisotopic (exact) mass is 399 g/mol. The maximum absolute atomic E-state index is 12.9. The molecular formula is C21H22ClN3O3. The van der Waals surface area contributed by atoms with E-state index in [1.165, 1.54) is 4.90 Å². The number of carbonyl (C=O) groups excluding carboxylic acids is 2. The Labute approximate surface area is 169 Å². The number of anilines is 2. The minimum Gasteiger partial charge on any atom is -0.497 e. The van der Waals surface area contributed by atoms with E-state index in [1.54, 1.807) is 31.4 Å². The summed E-state index contributed by atoms with van der Waals surface area (Å²) in [6, 6.07) is 14.4. The lowest BCUT2D eigenvalue weighted by atomic mass is 10.1. The smallest absolute Gasteiger partial charge is 0.251 e. The van der Waals surface area contributed by atoms with Gasteiger partial charge in [-0.2, -0.15) is 0 Å². The number of nitrogens with zero attached hydrogens (tertiary/aromatic N) is 3. The zero-order valence-electron chi connectivity index (χ0n) is 15.7. The topological polar surface area (TPSA) is 53.1 Å². The first-order valence-electron chi connectivity index (χ1n) is 9.32. The molecule has 2 saturated heterocycles. The molecule has 0 aliphatic carbocycles. The Balaban J connectivity index is 1.42. The molecule has 6 nitrogen and oxygen atoms in total. The highest BCUT2D eigenvalue weighted by molar-refractivity contribution is 6.30. The van der Waals surface area contributed by atoms with Crippen molar-refractivity contribution >= 4 is 34.8 Å². The van der Waals surface area contributed by atoms with Crippen molar-refractivity contribution in [3.63, 3.8) is 0 Å². The number of ether oxygens (including phenoxy) is 1. The maximum atomic E-state index is 12.9. The zero-order chi connectivity index (χ0) is 19.7. The van der Waals surface area contributed by atoms with Gasteiger partial charge in [0, 0.05) is 43.0 Å². The van der Waals surface area contributed by atoms with Gasteiger partial charge in [0.15, 0.2) is 0 Å². The molecule has 7 heteroatoms. The fourth-order valence-corrected chi connectivity index (χ4v) is 3.99. The van der Waals surface area contributed by atoms with Crippen LogP contribution >= 0.6 is 11.6 Å². The molecule has 1 atom stereocenters. The average molecular weight is 400 g/mol. The minimum absolute atomic E-state index is 0.151. The Hall–Kier alpha value is -2.57. The van der Waals surface area contributed by atoms with Crippen LogP contribution in [0.1, 0.15) is 6.42 Å². The van der Waals surface area contributed by atoms with Crippen LogP contribution in [0.5, 0.6) is 5.75 Å². The van der Waals surface area contributed by atoms with E-state index in [4.69, 9.17) is 16.3 Å². The maximum Gasteiger partial charge on any atom is 0.251 e. The highest BCUT2D eigenvalue weighted by atomic mass is 35.5. The number of imide groups is 1. The van der Waals surface area contributed by atoms with Crippen molar-refractivity contribution in [3.05, 3.63) is 53.6 Å². The van der Waals surface area contributed by atoms with E-state index in [1.807, 2.05) is 18.2 Å². The molecule has 2 aliphatic rings. The van der Waals surface area contributed by atoms with Crippen LogP contribution in [0.2, 0.25) is 5.02 Å². The number of carbonyl (C=O) groups is 2. The summed E-state index contributed by atoms with van der Waals surface area (Å²) in [5.41, 5.74) is 1.69. The summed E-state index contributed by atoms with van der Waals surface area (Å²) >= 11 is 5.92. The van der Waals surface area contributed by atoms with Gasteiger partial charge in [-0.05, 0) is 36.4 Å². The summed E-state index contributed by atoms with van der Waals surface area (Å²) in [6.07, 6.45) is 0.223. The van der Waals surface area contributed by atoms with Gasteiger partial charge in [-0.25, -0.2) is 4.90 Å². The normalized spacial score (nSPS) is 20.7. The molecule has 0 radical (unpaired) electrons. The largest absolute Gasteiger partial charge is 0.497 e. The fraction of sp³-hybridized carbons (Fsp3) is 0.333. The molecule has 2 fully saturated rings. The van der Waals surface area contributed by atoms with Crippen LogP contribution in [0.3, 0.4) is 0 Å². The number of benzene rings is 2. The van der Waals surface area contributed by atoms with Gasteiger partial charge in [-0.3, -0.25) is 14.5 Å². The summed E-state index contributed by atoms with van der Waals surface area (Å²) in [6.45, 7) is 3.06. The number of hydrogen-bond donors (Lipinski definition) is 0. The van der Waals surface area contributed by atoms with Gasteiger partial charge in [-0.1, -0.05) is 17.7 Å². The van der Waals surface area contributed by atoms with E-state index < -0.39 is 6.04 Å². The molecule has 0 saturated carbocycles. The highest BCUT2D eigenvalue weighted by Gasteiger charge is 2.43. The van der Waals surface area contributed by atoms with Gasteiger partial charge in [0.1, 0.15) is 5.75 Å².